The Morgan fingerprint density at radius 3 is 3.00 bits per heavy atom. The van der Waals surface area contributed by atoms with Gasteiger partial charge < -0.3 is 9.42 Å². The second-order valence-corrected chi connectivity index (χ2v) is 7.06. The zero-order valence-electron chi connectivity index (χ0n) is 14.4. The number of fused-ring (bicyclic) bond motifs is 1. The quantitative estimate of drug-likeness (QED) is 0.862. The van der Waals surface area contributed by atoms with E-state index in [9.17, 15) is 4.79 Å². The van der Waals surface area contributed by atoms with Crippen LogP contribution in [0.5, 0.6) is 0 Å². The fraction of sp³-hybridized carbons (Fsp3) is 0.647. The Hall–Kier alpha value is -2.18. The Labute approximate surface area is 141 Å². The molecule has 0 N–H and O–H groups in total. The molecule has 2 fully saturated rings. The highest BCUT2D eigenvalue weighted by molar-refractivity contribution is 5.93. The molecule has 1 amide bonds. The number of nitrogens with zero attached hydrogens (tertiary/aromatic N) is 5. The molecule has 0 radical (unpaired) electrons. The molecule has 0 bridgehead atoms. The van der Waals surface area contributed by atoms with Crippen molar-refractivity contribution < 1.29 is 9.32 Å². The van der Waals surface area contributed by atoms with Crippen LogP contribution in [0.15, 0.2) is 10.6 Å². The first-order valence-electron chi connectivity index (χ1n) is 8.68. The molecule has 4 rings (SSSR count). The third-order valence-corrected chi connectivity index (χ3v) is 5.53. The van der Waals surface area contributed by atoms with Gasteiger partial charge in [-0.25, -0.2) is 0 Å². The maximum absolute atomic E-state index is 13.0. The molecule has 0 spiro atoms. The summed E-state index contributed by atoms with van der Waals surface area (Å²) >= 11 is 0. The van der Waals surface area contributed by atoms with Gasteiger partial charge in [0.15, 0.2) is 5.82 Å². The van der Waals surface area contributed by atoms with Gasteiger partial charge in [-0.2, -0.15) is 10.1 Å². The third kappa shape index (κ3) is 2.17. The standard InChI is InChI=1S/C17H23N5O2/c1-4-22-14(8-11(2)19-22)15(23)21-9-13-6-5-7-17(13,10-21)16-18-12(3)20-24-16/h8,13H,4-7,9-10H2,1-3H3/t13-,17-/m0/s1. The highest BCUT2D eigenvalue weighted by atomic mass is 16.5. The van der Waals surface area contributed by atoms with E-state index in [0.717, 1.165) is 31.5 Å². The number of likely N-dealkylation sites (tertiary alicyclic amines) is 1. The van der Waals surface area contributed by atoms with Gasteiger partial charge in [-0.1, -0.05) is 11.6 Å². The predicted molar refractivity (Wildman–Crippen MR) is 86.6 cm³/mol. The monoisotopic (exact) mass is 329 g/mol. The highest BCUT2D eigenvalue weighted by Crippen LogP contribution is 2.50. The smallest absolute Gasteiger partial charge is 0.272 e. The molecular weight excluding hydrogens is 306 g/mol. The lowest BCUT2D eigenvalue weighted by Gasteiger charge is -2.24. The van der Waals surface area contributed by atoms with E-state index in [-0.39, 0.29) is 11.3 Å². The number of rotatable bonds is 3. The van der Waals surface area contributed by atoms with Crippen LogP contribution in [0.4, 0.5) is 0 Å². The minimum absolute atomic E-state index is 0.0578. The van der Waals surface area contributed by atoms with Crippen molar-refractivity contribution in [3.63, 3.8) is 0 Å². The lowest BCUT2D eigenvalue weighted by Crippen LogP contribution is -2.35. The summed E-state index contributed by atoms with van der Waals surface area (Å²) in [6, 6.07) is 1.88. The van der Waals surface area contributed by atoms with E-state index in [1.807, 2.05) is 31.7 Å². The fourth-order valence-electron chi connectivity index (χ4n) is 4.41. The summed E-state index contributed by atoms with van der Waals surface area (Å²) in [5, 5.41) is 8.37. The van der Waals surface area contributed by atoms with Gasteiger partial charge in [0.2, 0.25) is 5.89 Å². The van der Waals surface area contributed by atoms with Crippen molar-refractivity contribution in [2.45, 2.75) is 52.0 Å². The number of hydrogen-bond donors (Lipinski definition) is 0. The van der Waals surface area contributed by atoms with Crippen molar-refractivity contribution in [2.24, 2.45) is 5.92 Å². The summed E-state index contributed by atoms with van der Waals surface area (Å²) in [5.41, 5.74) is 1.39. The van der Waals surface area contributed by atoms with E-state index < -0.39 is 0 Å². The average molecular weight is 329 g/mol. The van der Waals surface area contributed by atoms with Crippen molar-refractivity contribution in [3.05, 3.63) is 29.2 Å². The van der Waals surface area contributed by atoms with Crippen molar-refractivity contribution in [3.8, 4) is 0 Å². The molecule has 2 aromatic heterocycles. The predicted octanol–water partition coefficient (Wildman–Crippen LogP) is 2.10. The van der Waals surface area contributed by atoms with Crippen LogP contribution in [0.25, 0.3) is 0 Å². The summed E-state index contributed by atoms with van der Waals surface area (Å²) in [6.45, 7) is 7.88. The number of carbonyl (C=O) groups is 1. The fourth-order valence-corrected chi connectivity index (χ4v) is 4.41. The lowest BCUT2D eigenvalue weighted by atomic mass is 9.80. The van der Waals surface area contributed by atoms with Gasteiger partial charge in [0, 0.05) is 19.6 Å². The molecule has 2 atom stereocenters. The van der Waals surface area contributed by atoms with E-state index in [0.29, 0.717) is 36.4 Å². The van der Waals surface area contributed by atoms with Gasteiger partial charge in [-0.05, 0) is 45.6 Å². The molecule has 0 unspecified atom stereocenters. The lowest BCUT2D eigenvalue weighted by molar-refractivity contribution is 0.0762. The number of carbonyl (C=O) groups excluding carboxylic acids is 1. The first-order valence-corrected chi connectivity index (χ1v) is 8.68. The Morgan fingerprint density at radius 1 is 1.46 bits per heavy atom. The molecule has 1 saturated carbocycles. The summed E-state index contributed by atoms with van der Waals surface area (Å²) in [4.78, 5) is 19.5. The molecule has 24 heavy (non-hydrogen) atoms. The summed E-state index contributed by atoms with van der Waals surface area (Å²) in [5.74, 6) is 1.83. The van der Waals surface area contributed by atoms with E-state index in [4.69, 9.17) is 4.52 Å². The van der Waals surface area contributed by atoms with Crippen molar-refractivity contribution >= 4 is 5.91 Å². The number of hydrogen-bond acceptors (Lipinski definition) is 5. The number of amides is 1. The molecule has 128 valence electrons. The molecule has 1 aliphatic carbocycles. The second-order valence-electron chi connectivity index (χ2n) is 7.06. The normalized spacial score (nSPS) is 26.1. The van der Waals surface area contributed by atoms with E-state index in [1.165, 1.54) is 0 Å². The summed E-state index contributed by atoms with van der Waals surface area (Å²) in [6.07, 6.45) is 3.27. The third-order valence-electron chi connectivity index (χ3n) is 5.53. The van der Waals surface area contributed by atoms with Gasteiger partial charge in [0.25, 0.3) is 5.91 Å². The molecule has 3 heterocycles. The molecule has 1 saturated heterocycles. The van der Waals surface area contributed by atoms with Gasteiger partial charge in [0.05, 0.1) is 11.1 Å². The Kier molecular flexibility index (Phi) is 3.47. The zero-order chi connectivity index (χ0) is 16.9. The molecular formula is C17H23N5O2. The highest BCUT2D eigenvalue weighted by Gasteiger charge is 2.55. The maximum Gasteiger partial charge on any atom is 0.272 e. The average Bonchev–Trinajstić information content (AvgIpc) is 3.27. The molecule has 1 aliphatic heterocycles. The van der Waals surface area contributed by atoms with Crippen molar-refractivity contribution in [2.75, 3.05) is 13.1 Å². The first kappa shape index (κ1) is 15.4. The molecule has 0 aromatic carbocycles. The van der Waals surface area contributed by atoms with Gasteiger partial charge in [-0.3, -0.25) is 9.48 Å². The Bertz CT molecular complexity index is 780. The van der Waals surface area contributed by atoms with Crippen LogP contribution in [-0.2, 0) is 12.0 Å². The van der Waals surface area contributed by atoms with Crippen LogP contribution >= 0.6 is 0 Å². The topological polar surface area (TPSA) is 77.1 Å². The van der Waals surface area contributed by atoms with E-state index >= 15 is 0 Å². The largest absolute Gasteiger partial charge is 0.339 e. The minimum atomic E-state index is -0.164. The molecule has 7 heteroatoms. The van der Waals surface area contributed by atoms with Crippen LogP contribution < -0.4 is 0 Å². The van der Waals surface area contributed by atoms with Crippen LogP contribution in [0.2, 0.25) is 0 Å². The Morgan fingerprint density at radius 2 is 2.29 bits per heavy atom. The van der Waals surface area contributed by atoms with Gasteiger partial charge in [0.1, 0.15) is 5.69 Å². The maximum atomic E-state index is 13.0. The van der Waals surface area contributed by atoms with E-state index in [2.05, 4.69) is 15.2 Å². The van der Waals surface area contributed by atoms with E-state index in [1.54, 1.807) is 4.68 Å². The SMILES string of the molecule is CCn1nc(C)cc1C(=O)N1C[C@@H]2CCC[C@]2(c2nc(C)no2)C1. The second kappa shape index (κ2) is 5.43. The van der Waals surface area contributed by atoms with Gasteiger partial charge >= 0.3 is 0 Å². The summed E-state index contributed by atoms with van der Waals surface area (Å²) in [7, 11) is 0. The van der Waals surface area contributed by atoms with Crippen LogP contribution in [-0.4, -0.2) is 43.8 Å². The Balaban J connectivity index is 1.64. The van der Waals surface area contributed by atoms with Crippen LogP contribution in [0.3, 0.4) is 0 Å². The number of aryl methyl sites for hydroxylation is 3. The van der Waals surface area contributed by atoms with Crippen LogP contribution in [0.1, 0.15) is 54.1 Å². The van der Waals surface area contributed by atoms with Crippen LogP contribution in [0, 0.1) is 19.8 Å². The number of aromatic nitrogens is 4. The minimum Gasteiger partial charge on any atom is -0.339 e. The molecule has 7 nitrogen and oxygen atoms in total. The molecule has 2 aliphatic rings. The molecule has 2 aromatic rings. The first-order chi connectivity index (χ1) is 11.5. The summed E-state index contributed by atoms with van der Waals surface area (Å²) < 4.78 is 7.31. The van der Waals surface area contributed by atoms with Gasteiger partial charge in [-0.15, -0.1) is 0 Å². The zero-order valence-corrected chi connectivity index (χ0v) is 14.4. The van der Waals surface area contributed by atoms with Crippen molar-refractivity contribution in [1.82, 2.24) is 24.8 Å². The van der Waals surface area contributed by atoms with Crippen molar-refractivity contribution in [1.29, 1.82) is 0 Å².